The normalized spacial score (nSPS) is 18.1. The number of hydrogen-bond acceptors (Lipinski definition) is 6. The molecule has 2 aromatic heterocycles. The number of benzene rings is 2. The van der Waals surface area contributed by atoms with Crippen LogP contribution in [0.2, 0.25) is 0 Å². The molecule has 1 saturated carbocycles. The minimum Gasteiger partial charge on any atom is -0.489 e. The van der Waals surface area contributed by atoms with Gasteiger partial charge >= 0.3 is 0 Å². The fraction of sp³-hybridized carbons (Fsp3) is 0.357. The Hall–Kier alpha value is -3.58. The van der Waals surface area contributed by atoms with Crippen molar-refractivity contribution in [2.45, 2.75) is 64.1 Å². The van der Waals surface area contributed by atoms with Crippen LogP contribution in [-0.2, 0) is 6.61 Å². The monoisotopic (exact) mass is 470 g/mol. The van der Waals surface area contributed by atoms with E-state index in [0.29, 0.717) is 18.7 Å². The highest BCUT2D eigenvalue weighted by Gasteiger charge is 2.24. The van der Waals surface area contributed by atoms with Gasteiger partial charge in [-0.15, -0.1) is 5.10 Å². The Labute approximate surface area is 206 Å². The van der Waals surface area contributed by atoms with E-state index in [1.807, 2.05) is 47.1 Å². The van der Waals surface area contributed by atoms with E-state index < -0.39 is 0 Å². The first-order chi connectivity index (χ1) is 17.1. The highest BCUT2D eigenvalue weighted by atomic mass is 16.5. The number of ether oxygens (including phenoxy) is 1. The summed E-state index contributed by atoms with van der Waals surface area (Å²) in [7, 11) is 0. The molecule has 2 heterocycles. The SMILES string of the molecule is CC(C)c1c(N[C@H]2CC[C@H](N)CC2)nn2ccnc2c1Nc1cccc(OCc2ccccc2)c1. The Morgan fingerprint density at radius 1 is 1.06 bits per heavy atom. The Balaban J connectivity index is 1.43. The van der Waals surface area contributed by atoms with E-state index in [1.54, 1.807) is 6.20 Å². The lowest BCUT2D eigenvalue weighted by Gasteiger charge is -2.29. The molecule has 1 fully saturated rings. The van der Waals surface area contributed by atoms with Crippen LogP contribution in [0, 0.1) is 0 Å². The third-order valence-corrected chi connectivity index (χ3v) is 6.62. The summed E-state index contributed by atoms with van der Waals surface area (Å²) >= 11 is 0. The van der Waals surface area contributed by atoms with Gasteiger partial charge in [0.1, 0.15) is 12.4 Å². The number of nitrogens with one attached hydrogen (secondary N) is 2. The molecule has 1 aliphatic carbocycles. The van der Waals surface area contributed by atoms with Crippen LogP contribution in [0.3, 0.4) is 0 Å². The predicted octanol–water partition coefficient (Wildman–Crippen LogP) is 5.86. The number of aromatic nitrogens is 3. The summed E-state index contributed by atoms with van der Waals surface area (Å²) in [5.74, 6) is 1.97. The fourth-order valence-corrected chi connectivity index (χ4v) is 4.75. The number of imidazole rings is 1. The van der Waals surface area contributed by atoms with Gasteiger partial charge in [0.25, 0.3) is 0 Å². The van der Waals surface area contributed by atoms with Crippen LogP contribution in [0.25, 0.3) is 5.65 Å². The highest BCUT2D eigenvalue weighted by molar-refractivity contribution is 5.81. The average Bonchev–Trinajstić information content (AvgIpc) is 3.34. The minimum atomic E-state index is 0.248. The van der Waals surface area contributed by atoms with Crippen LogP contribution in [0.5, 0.6) is 5.75 Å². The standard InChI is InChI=1S/C28H34N6O/c1-19(2)25-26(31-23-9-6-10-24(17-23)35-18-20-7-4-3-5-8-20)28-30-15-16-34(28)33-27(25)32-22-13-11-21(29)12-14-22/h3-10,15-17,19,21-22,31H,11-14,18,29H2,1-2H3,(H,32,33)/t21-,22-. The summed E-state index contributed by atoms with van der Waals surface area (Å²) in [5.41, 5.74) is 11.1. The summed E-state index contributed by atoms with van der Waals surface area (Å²) in [6.45, 7) is 4.92. The van der Waals surface area contributed by atoms with Gasteiger partial charge < -0.3 is 21.1 Å². The molecule has 0 atom stereocenters. The van der Waals surface area contributed by atoms with Crippen molar-refractivity contribution in [2.75, 3.05) is 10.6 Å². The summed E-state index contributed by atoms with van der Waals surface area (Å²) in [6, 6.07) is 19.0. The third-order valence-electron chi connectivity index (χ3n) is 6.62. The Morgan fingerprint density at radius 2 is 1.86 bits per heavy atom. The number of anilines is 3. The second-order valence-electron chi connectivity index (χ2n) is 9.67. The first-order valence-corrected chi connectivity index (χ1v) is 12.5. The summed E-state index contributed by atoms with van der Waals surface area (Å²) in [4.78, 5) is 4.62. The quantitative estimate of drug-likeness (QED) is 0.299. The molecular weight excluding hydrogens is 436 g/mol. The molecule has 2 aromatic carbocycles. The largest absolute Gasteiger partial charge is 0.489 e. The van der Waals surface area contributed by atoms with Crippen LogP contribution in [0.15, 0.2) is 67.0 Å². The zero-order valence-corrected chi connectivity index (χ0v) is 20.4. The maximum atomic E-state index is 6.13. The van der Waals surface area contributed by atoms with Crippen molar-refractivity contribution in [1.82, 2.24) is 14.6 Å². The minimum absolute atomic E-state index is 0.248. The number of rotatable bonds is 8. The second-order valence-corrected chi connectivity index (χ2v) is 9.67. The third kappa shape index (κ3) is 5.41. The molecule has 7 heteroatoms. The van der Waals surface area contributed by atoms with E-state index in [-0.39, 0.29) is 5.92 Å². The molecule has 182 valence electrons. The van der Waals surface area contributed by atoms with Crippen LogP contribution in [0.1, 0.15) is 56.6 Å². The summed E-state index contributed by atoms with van der Waals surface area (Å²) < 4.78 is 7.91. The molecule has 0 spiro atoms. The van der Waals surface area contributed by atoms with Gasteiger partial charge in [0, 0.05) is 41.8 Å². The van der Waals surface area contributed by atoms with E-state index in [0.717, 1.165) is 65.4 Å². The van der Waals surface area contributed by atoms with E-state index in [4.69, 9.17) is 15.6 Å². The van der Waals surface area contributed by atoms with Gasteiger partial charge in [-0.3, -0.25) is 0 Å². The zero-order valence-electron chi connectivity index (χ0n) is 20.4. The van der Waals surface area contributed by atoms with E-state index in [1.165, 1.54) is 0 Å². The van der Waals surface area contributed by atoms with Crippen molar-refractivity contribution in [2.24, 2.45) is 5.73 Å². The lowest BCUT2D eigenvalue weighted by Crippen LogP contribution is -2.33. The predicted molar refractivity (Wildman–Crippen MR) is 141 cm³/mol. The molecule has 4 aromatic rings. The Bertz CT molecular complexity index is 1260. The van der Waals surface area contributed by atoms with Crippen LogP contribution >= 0.6 is 0 Å². The molecule has 0 radical (unpaired) electrons. The van der Waals surface area contributed by atoms with Gasteiger partial charge in [0.2, 0.25) is 0 Å². The van der Waals surface area contributed by atoms with Gasteiger partial charge in [0.05, 0.1) is 5.69 Å². The van der Waals surface area contributed by atoms with E-state index >= 15 is 0 Å². The summed E-state index contributed by atoms with van der Waals surface area (Å²) in [6.07, 6.45) is 7.90. The topological polar surface area (TPSA) is 89.5 Å². The van der Waals surface area contributed by atoms with E-state index in [2.05, 4.69) is 47.7 Å². The number of hydrogen-bond donors (Lipinski definition) is 3. The first kappa shape index (κ1) is 23.2. The highest BCUT2D eigenvalue weighted by Crippen LogP contribution is 2.36. The molecule has 0 aliphatic heterocycles. The van der Waals surface area contributed by atoms with Gasteiger partial charge in [-0.25, -0.2) is 9.50 Å². The van der Waals surface area contributed by atoms with Crippen molar-refractivity contribution in [3.8, 4) is 5.75 Å². The molecule has 7 nitrogen and oxygen atoms in total. The van der Waals surface area contributed by atoms with Gasteiger partial charge in [0.15, 0.2) is 11.5 Å². The van der Waals surface area contributed by atoms with Crippen LogP contribution in [0.4, 0.5) is 17.2 Å². The van der Waals surface area contributed by atoms with Gasteiger partial charge in [-0.05, 0) is 49.3 Å². The number of nitrogens with two attached hydrogens (primary N) is 1. The zero-order chi connectivity index (χ0) is 24.2. The maximum Gasteiger partial charge on any atom is 0.177 e. The molecular formula is C28H34N6O. The van der Waals surface area contributed by atoms with Crippen LogP contribution in [-0.4, -0.2) is 26.7 Å². The number of fused-ring (bicyclic) bond motifs is 1. The number of nitrogens with zero attached hydrogens (tertiary/aromatic N) is 3. The Morgan fingerprint density at radius 3 is 2.63 bits per heavy atom. The molecule has 4 N–H and O–H groups in total. The Kier molecular flexibility index (Phi) is 6.86. The maximum absolute atomic E-state index is 6.13. The van der Waals surface area contributed by atoms with Gasteiger partial charge in [-0.2, -0.15) is 0 Å². The smallest absolute Gasteiger partial charge is 0.177 e. The lowest BCUT2D eigenvalue weighted by atomic mass is 9.91. The van der Waals surface area contributed by atoms with Crippen molar-refractivity contribution in [3.05, 3.63) is 78.1 Å². The fourth-order valence-electron chi connectivity index (χ4n) is 4.75. The van der Waals surface area contributed by atoms with Crippen molar-refractivity contribution < 1.29 is 4.74 Å². The first-order valence-electron chi connectivity index (χ1n) is 12.5. The molecule has 0 bridgehead atoms. The second kappa shape index (κ2) is 10.4. The van der Waals surface area contributed by atoms with E-state index in [9.17, 15) is 0 Å². The molecule has 0 amide bonds. The van der Waals surface area contributed by atoms with Crippen molar-refractivity contribution in [3.63, 3.8) is 0 Å². The molecule has 1 aliphatic rings. The average molecular weight is 471 g/mol. The molecule has 0 unspecified atom stereocenters. The summed E-state index contributed by atoms with van der Waals surface area (Å²) in [5, 5.41) is 12.3. The lowest BCUT2D eigenvalue weighted by molar-refractivity contribution is 0.306. The van der Waals surface area contributed by atoms with Crippen molar-refractivity contribution >= 4 is 22.8 Å². The molecule has 0 saturated heterocycles. The van der Waals surface area contributed by atoms with Crippen molar-refractivity contribution in [1.29, 1.82) is 0 Å². The van der Waals surface area contributed by atoms with Gasteiger partial charge in [-0.1, -0.05) is 50.2 Å². The van der Waals surface area contributed by atoms with Crippen LogP contribution < -0.4 is 21.1 Å². The molecule has 35 heavy (non-hydrogen) atoms. The molecule has 5 rings (SSSR count).